The molecule has 0 aliphatic rings. The van der Waals surface area contributed by atoms with E-state index in [2.05, 4.69) is 15.9 Å². The Morgan fingerprint density at radius 2 is 2.29 bits per heavy atom. The van der Waals surface area contributed by atoms with Gasteiger partial charge in [-0.3, -0.25) is 0 Å². The highest BCUT2D eigenvalue weighted by atomic mass is 79.9. The summed E-state index contributed by atoms with van der Waals surface area (Å²) in [5.74, 6) is 0. The van der Waals surface area contributed by atoms with Gasteiger partial charge in [-0.05, 0) is 28.1 Å². The topological polar surface area (TPSA) is 61.2 Å². The number of thiophene rings is 1. The molecule has 0 aromatic carbocycles. The maximum absolute atomic E-state index is 11.7. The largest absolute Gasteiger partial charge is 0.253 e. The molecule has 1 aromatic rings. The fourth-order valence-electron chi connectivity index (χ4n) is 0.774. The fraction of sp³-hybridized carbons (Fsp3) is 0.286. The van der Waals surface area contributed by atoms with Crippen LogP contribution in [0, 0.1) is 11.3 Å². The second kappa shape index (κ2) is 4.40. The molecule has 14 heavy (non-hydrogen) atoms. The zero-order valence-corrected chi connectivity index (χ0v) is 10.5. The number of hydrogen-bond donors (Lipinski definition) is 0. The van der Waals surface area contributed by atoms with Gasteiger partial charge < -0.3 is 0 Å². The molecule has 0 unspecified atom stereocenters. The third-order valence-electron chi connectivity index (χ3n) is 1.51. The van der Waals surface area contributed by atoms with Gasteiger partial charge in [0.25, 0.3) is 10.0 Å². The van der Waals surface area contributed by atoms with Crippen LogP contribution in [0.15, 0.2) is 20.1 Å². The average Bonchev–Trinajstić information content (AvgIpc) is 2.52. The standard InChI is InChI=1S/C7H7BrN2O2S2/c1-10(5-4-9)14(11,12)7-3-2-6(8)13-7/h2-3H,5H2,1H3. The molecule has 0 bridgehead atoms. The number of sulfonamides is 1. The Hall–Kier alpha value is -0.420. The molecule has 76 valence electrons. The van der Waals surface area contributed by atoms with E-state index in [4.69, 9.17) is 5.26 Å². The first kappa shape index (κ1) is 11.7. The van der Waals surface area contributed by atoms with E-state index in [0.717, 1.165) is 19.4 Å². The number of rotatable bonds is 3. The predicted octanol–water partition coefficient (Wildman–Crippen LogP) is 1.65. The Morgan fingerprint density at radius 3 is 2.71 bits per heavy atom. The van der Waals surface area contributed by atoms with Crippen LogP contribution in [0.25, 0.3) is 0 Å². The molecule has 0 saturated heterocycles. The third kappa shape index (κ3) is 2.33. The number of nitriles is 1. The first-order valence-electron chi connectivity index (χ1n) is 3.57. The minimum absolute atomic E-state index is 0.141. The summed E-state index contributed by atoms with van der Waals surface area (Å²) in [5.41, 5.74) is 0. The molecular weight excluding hydrogens is 288 g/mol. The van der Waals surface area contributed by atoms with Crippen LogP contribution in [0.4, 0.5) is 0 Å². The third-order valence-corrected chi connectivity index (χ3v) is 5.40. The van der Waals surface area contributed by atoms with E-state index in [-0.39, 0.29) is 10.8 Å². The highest BCUT2D eigenvalue weighted by Gasteiger charge is 2.21. The van der Waals surface area contributed by atoms with Crippen LogP contribution >= 0.6 is 27.3 Å². The Bertz CT molecular complexity index is 460. The quantitative estimate of drug-likeness (QED) is 0.797. The molecule has 4 nitrogen and oxygen atoms in total. The van der Waals surface area contributed by atoms with Crippen LogP contribution in [-0.4, -0.2) is 26.3 Å². The van der Waals surface area contributed by atoms with Crippen LogP contribution in [0.3, 0.4) is 0 Å². The van der Waals surface area contributed by atoms with E-state index in [1.54, 1.807) is 12.1 Å². The highest BCUT2D eigenvalue weighted by Crippen LogP contribution is 2.27. The molecule has 1 rings (SSSR count). The SMILES string of the molecule is CN(CC#N)S(=O)(=O)c1ccc(Br)s1. The maximum atomic E-state index is 11.7. The lowest BCUT2D eigenvalue weighted by atomic mass is 10.7. The van der Waals surface area contributed by atoms with Crippen molar-refractivity contribution in [1.29, 1.82) is 5.26 Å². The summed E-state index contributed by atoms with van der Waals surface area (Å²) in [6.45, 7) is -0.141. The summed E-state index contributed by atoms with van der Waals surface area (Å²) in [7, 11) is -2.10. The molecule has 1 heterocycles. The van der Waals surface area contributed by atoms with Crippen LogP contribution in [-0.2, 0) is 10.0 Å². The van der Waals surface area contributed by atoms with Crippen molar-refractivity contribution >= 4 is 37.3 Å². The molecule has 0 N–H and O–H groups in total. The van der Waals surface area contributed by atoms with E-state index in [9.17, 15) is 8.42 Å². The van der Waals surface area contributed by atoms with Crippen molar-refractivity contribution in [2.45, 2.75) is 4.21 Å². The Morgan fingerprint density at radius 1 is 1.64 bits per heavy atom. The molecule has 0 atom stereocenters. The second-order valence-corrected chi connectivity index (χ2v) is 7.21. The summed E-state index contributed by atoms with van der Waals surface area (Å²) >= 11 is 4.31. The summed E-state index contributed by atoms with van der Waals surface area (Å²) in [6.07, 6.45) is 0. The maximum Gasteiger partial charge on any atom is 0.253 e. The van der Waals surface area contributed by atoms with Crippen LogP contribution in [0.5, 0.6) is 0 Å². The van der Waals surface area contributed by atoms with E-state index >= 15 is 0 Å². The predicted molar refractivity (Wildman–Crippen MR) is 57.4 cm³/mol. The van der Waals surface area contributed by atoms with Crippen LogP contribution in [0.1, 0.15) is 0 Å². The molecule has 1 aromatic heterocycles. The van der Waals surface area contributed by atoms with Gasteiger partial charge in [-0.25, -0.2) is 8.42 Å². The normalized spacial score (nSPS) is 11.6. The highest BCUT2D eigenvalue weighted by molar-refractivity contribution is 9.11. The molecular formula is C7H7BrN2O2S2. The average molecular weight is 295 g/mol. The van der Waals surface area contributed by atoms with Crippen molar-refractivity contribution < 1.29 is 8.42 Å². The first-order valence-corrected chi connectivity index (χ1v) is 6.62. The van der Waals surface area contributed by atoms with Gasteiger partial charge in [0, 0.05) is 7.05 Å². The van der Waals surface area contributed by atoms with Gasteiger partial charge in [0.1, 0.15) is 10.8 Å². The van der Waals surface area contributed by atoms with E-state index in [1.807, 2.05) is 0 Å². The van der Waals surface area contributed by atoms with E-state index in [0.29, 0.717) is 0 Å². The van der Waals surface area contributed by atoms with Crippen molar-refractivity contribution in [3.63, 3.8) is 0 Å². The van der Waals surface area contributed by atoms with Crippen LogP contribution < -0.4 is 0 Å². The van der Waals surface area contributed by atoms with Gasteiger partial charge in [-0.15, -0.1) is 11.3 Å². The molecule has 0 saturated carbocycles. The van der Waals surface area contributed by atoms with E-state index in [1.165, 1.54) is 13.1 Å². The van der Waals surface area contributed by atoms with Crippen molar-refractivity contribution in [2.75, 3.05) is 13.6 Å². The zero-order chi connectivity index (χ0) is 10.8. The molecule has 0 radical (unpaired) electrons. The van der Waals surface area contributed by atoms with Gasteiger partial charge in [0.05, 0.1) is 9.86 Å². The van der Waals surface area contributed by atoms with Crippen molar-refractivity contribution in [2.24, 2.45) is 0 Å². The Labute approximate surface area is 94.9 Å². The second-order valence-electron chi connectivity index (χ2n) is 2.48. The molecule has 0 aliphatic heterocycles. The first-order chi connectivity index (χ1) is 6.48. The minimum Gasteiger partial charge on any atom is -0.206 e. The molecule has 7 heteroatoms. The molecule has 0 spiro atoms. The summed E-state index contributed by atoms with van der Waals surface area (Å²) in [6, 6.07) is 4.97. The molecule has 0 amide bonds. The van der Waals surface area contributed by atoms with Gasteiger partial charge in [0.2, 0.25) is 0 Å². The fourth-order valence-corrected chi connectivity index (χ4v) is 4.06. The molecule has 0 fully saturated rings. The number of nitrogens with zero attached hydrogens (tertiary/aromatic N) is 2. The lowest BCUT2D eigenvalue weighted by Gasteiger charge is -2.10. The lowest BCUT2D eigenvalue weighted by molar-refractivity contribution is 0.504. The van der Waals surface area contributed by atoms with Crippen LogP contribution in [0.2, 0.25) is 0 Å². The smallest absolute Gasteiger partial charge is 0.206 e. The van der Waals surface area contributed by atoms with E-state index < -0.39 is 10.0 Å². The zero-order valence-electron chi connectivity index (χ0n) is 7.27. The lowest BCUT2D eigenvalue weighted by Crippen LogP contribution is -2.26. The van der Waals surface area contributed by atoms with Crippen molar-refractivity contribution in [3.8, 4) is 6.07 Å². The monoisotopic (exact) mass is 294 g/mol. The number of halogens is 1. The summed E-state index contributed by atoms with van der Waals surface area (Å²) < 4.78 is 25.4. The van der Waals surface area contributed by atoms with Crippen molar-refractivity contribution in [1.82, 2.24) is 4.31 Å². The number of hydrogen-bond acceptors (Lipinski definition) is 4. The van der Waals surface area contributed by atoms with Gasteiger partial charge in [-0.1, -0.05) is 0 Å². The summed E-state index contributed by atoms with van der Waals surface area (Å²) in [4.78, 5) is 0. The van der Waals surface area contributed by atoms with Gasteiger partial charge in [-0.2, -0.15) is 9.57 Å². The Kier molecular flexibility index (Phi) is 3.66. The molecule has 0 aliphatic carbocycles. The van der Waals surface area contributed by atoms with Gasteiger partial charge in [0.15, 0.2) is 0 Å². The van der Waals surface area contributed by atoms with Crippen molar-refractivity contribution in [3.05, 3.63) is 15.9 Å². The Balaban J connectivity index is 3.03. The summed E-state index contributed by atoms with van der Waals surface area (Å²) in [5, 5.41) is 8.39. The minimum atomic E-state index is -3.48. The van der Waals surface area contributed by atoms with Gasteiger partial charge >= 0.3 is 0 Å².